The Morgan fingerprint density at radius 1 is 1.53 bits per heavy atom. The molecule has 0 N–H and O–H groups in total. The Kier molecular flexibility index (Phi) is 5.32. The van der Waals surface area contributed by atoms with Gasteiger partial charge in [0, 0.05) is 5.02 Å². The molecule has 0 aliphatic rings. The molecule has 0 bridgehead atoms. The van der Waals surface area contributed by atoms with Crippen LogP contribution < -0.4 is 4.74 Å². The first kappa shape index (κ1) is 13.9. The molecule has 0 saturated carbocycles. The fraction of sp³-hybridized carbons (Fsp3) is 0.250. The van der Waals surface area contributed by atoms with Gasteiger partial charge in [0.2, 0.25) is 0 Å². The normalized spacial score (nSPS) is 11.7. The summed E-state index contributed by atoms with van der Waals surface area (Å²) in [4.78, 5) is 11.4. The molecule has 3 nitrogen and oxygen atoms in total. The van der Waals surface area contributed by atoms with Crippen LogP contribution in [0.3, 0.4) is 0 Å². The van der Waals surface area contributed by atoms with E-state index in [4.69, 9.17) is 32.7 Å². The fourth-order valence-electron chi connectivity index (χ4n) is 1.07. The lowest BCUT2D eigenvalue weighted by Crippen LogP contribution is -2.26. The monoisotopic (exact) mass is 274 g/mol. The van der Waals surface area contributed by atoms with Crippen LogP contribution in [0.2, 0.25) is 10.0 Å². The van der Waals surface area contributed by atoms with Crippen molar-refractivity contribution in [2.45, 2.75) is 13.0 Å². The molecule has 5 heteroatoms. The zero-order chi connectivity index (χ0) is 12.8. The van der Waals surface area contributed by atoms with E-state index < -0.39 is 12.1 Å². The van der Waals surface area contributed by atoms with Gasteiger partial charge in [-0.25, -0.2) is 4.79 Å². The predicted octanol–water partition coefficient (Wildman–Crippen LogP) is 3.49. The number of halogens is 2. The highest BCUT2D eigenvalue weighted by molar-refractivity contribution is 6.35. The first-order valence-electron chi connectivity index (χ1n) is 4.94. The topological polar surface area (TPSA) is 35.5 Å². The van der Waals surface area contributed by atoms with Gasteiger partial charge in [0.15, 0.2) is 6.10 Å². The Balaban J connectivity index is 2.64. The van der Waals surface area contributed by atoms with Crippen molar-refractivity contribution in [1.82, 2.24) is 0 Å². The Morgan fingerprint density at radius 3 is 2.82 bits per heavy atom. The Hall–Kier alpha value is -1.19. The molecule has 92 valence electrons. The van der Waals surface area contributed by atoms with Gasteiger partial charge in [0.05, 0.1) is 5.02 Å². The van der Waals surface area contributed by atoms with E-state index in [1.165, 1.54) is 6.08 Å². The number of esters is 1. The number of benzene rings is 1. The van der Waals surface area contributed by atoms with Gasteiger partial charge >= 0.3 is 5.97 Å². The third kappa shape index (κ3) is 4.29. The summed E-state index contributed by atoms with van der Waals surface area (Å²) in [6.07, 6.45) is 0.744. The van der Waals surface area contributed by atoms with Crippen LogP contribution in [0.1, 0.15) is 6.92 Å². The van der Waals surface area contributed by atoms with E-state index in [2.05, 4.69) is 6.58 Å². The minimum absolute atomic E-state index is 0.154. The summed E-state index contributed by atoms with van der Waals surface area (Å²) in [7, 11) is 0. The van der Waals surface area contributed by atoms with Gasteiger partial charge in [-0.05, 0) is 25.1 Å². The van der Waals surface area contributed by atoms with Gasteiger partial charge in [-0.2, -0.15) is 0 Å². The zero-order valence-electron chi connectivity index (χ0n) is 9.28. The van der Waals surface area contributed by atoms with Crippen molar-refractivity contribution in [2.24, 2.45) is 0 Å². The number of hydrogen-bond acceptors (Lipinski definition) is 3. The van der Waals surface area contributed by atoms with Crippen molar-refractivity contribution >= 4 is 29.2 Å². The van der Waals surface area contributed by atoms with Gasteiger partial charge in [0.1, 0.15) is 12.4 Å². The molecule has 17 heavy (non-hydrogen) atoms. The largest absolute Gasteiger partial charge is 0.477 e. The minimum Gasteiger partial charge on any atom is -0.477 e. The third-order valence-corrected chi connectivity index (χ3v) is 2.40. The van der Waals surface area contributed by atoms with Crippen LogP contribution in [0.5, 0.6) is 5.75 Å². The smallest absolute Gasteiger partial charge is 0.347 e. The summed E-state index contributed by atoms with van der Waals surface area (Å²) in [5, 5.41) is 0.852. The number of carbonyl (C=O) groups is 1. The van der Waals surface area contributed by atoms with Crippen LogP contribution in [0.25, 0.3) is 0 Å². The molecule has 0 spiro atoms. The maximum Gasteiger partial charge on any atom is 0.347 e. The van der Waals surface area contributed by atoms with Crippen molar-refractivity contribution in [1.29, 1.82) is 0 Å². The summed E-state index contributed by atoms with van der Waals surface area (Å²) in [6.45, 7) is 5.18. The van der Waals surface area contributed by atoms with Crippen molar-refractivity contribution < 1.29 is 14.3 Å². The van der Waals surface area contributed by atoms with E-state index in [-0.39, 0.29) is 6.61 Å². The molecule has 0 saturated heterocycles. The molecule has 0 heterocycles. The molecule has 0 amide bonds. The summed E-state index contributed by atoms with van der Waals surface area (Å²) in [5.74, 6) is -0.0879. The minimum atomic E-state index is -0.742. The maximum absolute atomic E-state index is 11.4. The molecule has 1 aromatic rings. The van der Waals surface area contributed by atoms with Crippen LogP contribution in [0.4, 0.5) is 0 Å². The standard InChI is InChI=1S/C12H12Cl2O3/c1-3-6-16-12(15)8(2)17-11-5-4-9(13)7-10(11)14/h3-5,7-8H,1,6H2,2H3. The molecule has 0 fully saturated rings. The van der Waals surface area contributed by atoms with Crippen molar-refractivity contribution in [3.05, 3.63) is 40.9 Å². The Labute approximate surface area is 110 Å². The summed E-state index contributed by atoms with van der Waals surface area (Å²) in [5.41, 5.74) is 0. The highest BCUT2D eigenvalue weighted by Crippen LogP contribution is 2.28. The number of rotatable bonds is 5. The lowest BCUT2D eigenvalue weighted by Gasteiger charge is -2.14. The first-order chi connectivity index (χ1) is 8.04. The second-order valence-corrected chi connectivity index (χ2v) is 4.10. The van der Waals surface area contributed by atoms with Crippen molar-refractivity contribution in [3.8, 4) is 5.75 Å². The molecule has 0 radical (unpaired) electrons. The van der Waals surface area contributed by atoms with Gasteiger partial charge in [-0.1, -0.05) is 35.9 Å². The number of ether oxygens (including phenoxy) is 2. The van der Waals surface area contributed by atoms with Gasteiger partial charge < -0.3 is 9.47 Å². The summed E-state index contributed by atoms with van der Waals surface area (Å²) >= 11 is 11.6. The van der Waals surface area contributed by atoms with E-state index >= 15 is 0 Å². The van der Waals surface area contributed by atoms with Crippen LogP contribution >= 0.6 is 23.2 Å². The summed E-state index contributed by atoms with van der Waals surface area (Å²) in [6, 6.07) is 4.77. The van der Waals surface area contributed by atoms with E-state index in [9.17, 15) is 4.79 Å². The average Bonchev–Trinajstić information content (AvgIpc) is 2.29. The van der Waals surface area contributed by atoms with Crippen molar-refractivity contribution in [3.63, 3.8) is 0 Å². The van der Waals surface area contributed by atoms with Gasteiger partial charge in [-0.15, -0.1) is 0 Å². The predicted molar refractivity (Wildman–Crippen MR) is 67.7 cm³/mol. The highest BCUT2D eigenvalue weighted by atomic mass is 35.5. The maximum atomic E-state index is 11.4. The van der Waals surface area contributed by atoms with Gasteiger partial charge in [-0.3, -0.25) is 0 Å². The molecule has 1 atom stereocenters. The van der Waals surface area contributed by atoms with Crippen molar-refractivity contribution in [2.75, 3.05) is 6.61 Å². The molecular weight excluding hydrogens is 263 g/mol. The average molecular weight is 275 g/mol. The SMILES string of the molecule is C=CCOC(=O)C(C)Oc1ccc(Cl)cc1Cl. The van der Waals surface area contributed by atoms with E-state index in [0.29, 0.717) is 15.8 Å². The fourth-order valence-corrected chi connectivity index (χ4v) is 1.52. The molecule has 1 rings (SSSR count). The molecule has 0 aromatic heterocycles. The van der Waals surface area contributed by atoms with Crippen LogP contribution in [-0.2, 0) is 9.53 Å². The van der Waals surface area contributed by atoms with Crippen LogP contribution in [-0.4, -0.2) is 18.7 Å². The molecular formula is C12H12Cl2O3. The van der Waals surface area contributed by atoms with E-state index in [1.807, 2.05) is 0 Å². The second kappa shape index (κ2) is 6.52. The van der Waals surface area contributed by atoms with Gasteiger partial charge in [0.25, 0.3) is 0 Å². The number of carbonyl (C=O) groups excluding carboxylic acids is 1. The first-order valence-corrected chi connectivity index (χ1v) is 5.69. The zero-order valence-corrected chi connectivity index (χ0v) is 10.8. The Morgan fingerprint density at radius 2 is 2.24 bits per heavy atom. The highest BCUT2D eigenvalue weighted by Gasteiger charge is 2.17. The second-order valence-electron chi connectivity index (χ2n) is 3.25. The van der Waals surface area contributed by atoms with Crippen LogP contribution in [0.15, 0.2) is 30.9 Å². The molecule has 1 aromatic carbocycles. The molecule has 1 unspecified atom stereocenters. The van der Waals surface area contributed by atoms with E-state index in [1.54, 1.807) is 25.1 Å². The quantitative estimate of drug-likeness (QED) is 0.609. The number of hydrogen-bond donors (Lipinski definition) is 0. The summed E-state index contributed by atoms with van der Waals surface area (Å²) < 4.78 is 10.2. The molecule has 0 aliphatic heterocycles. The third-order valence-electron chi connectivity index (χ3n) is 1.87. The Bertz CT molecular complexity index is 418. The van der Waals surface area contributed by atoms with Crippen LogP contribution in [0, 0.1) is 0 Å². The lowest BCUT2D eigenvalue weighted by molar-refractivity contribution is -0.149. The molecule has 0 aliphatic carbocycles. The van der Waals surface area contributed by atoms with E-state index in [0.717, 1.165) is 0 Å². The lowest BCUT2D eigenvalue weighted by atomic mass is 10.3.